The first-order valence-corrected chi connectivity index (χ1v) is 7.22. The van der Waals surface area contributed by atoms with Crippen molar-refractivity contribution in [1.29, 1.82) is 0 Å². The molecule has 0 radical (unpaired) electrons. The van der Waals surface area contributed by atoms with Gasteiger partial charge in [-0.2, -0.15) is 0 Å². The Labute approximate surface area is 115 Å². The number of hydrogen-bond donors (Lipinski definition) is 1. The van der Waals surface area contributed by atoms with Crippen molar-refractivity contribution in [2.45, 2.75) is 31.8 Å². The minimum atomic E-state index is 0.115. The third-order valence-electron chi connectivity index (χ3n) is 4.92. The Morgan fingerprint density at radius 3 is 2.79 bits per heavy atom. The highest BCUT2D eigenvalue weighted by atomic mass is 16.5. The van der Waals surface area contributed by atoms with E-state index in [0.29, 0.717) is 6.04 Å². The quantitative estimate of drug-likeness (QED) is 0.902. The first kappa shape index (κ1) is 12.9. The van der Waals surface area contributed by atoms with Gasteiger partial charge in [0.2, 0.25) is 0 Å². The van der Waals surface area contributed by atoms with Gasteiger partial charge in [0.25, 0.3) is 0 Å². The van der Waals surface area contributed by atoms with E-state index in [4.69, 9.17) is 10.5 Å². The van der Waals surface area contributed by atoms with Gasteiger partial charge in [0.1, 0.15) is 5.75 Å². The van der Waals surface area contributed by atoms with Crippen LogP contribution in [0.25, 0.3) is 0 Å². The van der Waals surface area contributed by atoms with E-state index in [0.717, 1.165) is 24.0 Å². The maximum absolute atomic E-state index is 6.45. The molecule has 0 heterocycles. The summed E-state index contributed by atoms with van der Waals surface area (Å²) < 4.78 is 5.30. The molecule has 1 aromatic carbocycles. The molecule has 0 saturated heterocycles. The van der Waals surface area contributed by atoms with Crippen LogP contribution in [-0.2, 0) is 6.42 Å². The van der Waals surface area contributed by atoms with Gasteiger partial charge in [-0.05, 0) is 55.0 Å². The zero-order chi connectivity index (χ0) is 13.6. The first-order chi connectivity index (χ1) is 9.10. The number of nitrogens with zero attached hydrogens (tertiary/aromatic N) is 1. The molecule has 0 bridgehead atoms. The van der Waals surface area contributed by atoms with Crippen molar-refractivity contribution in [2.75, 3.05) is 20.7 Å². The third-order valence-corrected chi connectivity index (χ3v) is 4.92. The molecule has 0 spiro atoms. The molecule has 4 atom stereocenters. The third kappa shape index (κ3) is 2.37. The summed E-state index contributed by atoms with van der Waals surface area (Å²) in [6, 6.07) is 6.87. The number of methoxy groups -OCH3 is 1. The lowest BCUT2D eigenvalue weighted by atomic mass is 10.1. The Balaban J connectivity index is 1.73. The van der Waals surface area contributed by atoms with E-state index in [2.05, 4.69) is 31.0 Å². The molecule has 3 heteroatoms. The molecular formula is C16H24N2O. The number of likely N-dealkylation sites (N-methyl/N-ethyl adjacent to an activating group) is 1. The van der Waals surface area contributed by atoms with Crippen molar-refractivity contribution in [3.63, 3.8) is 0 Å². The monoisotopic (exact) mass is 260 g/mol. The molecule has 3 rings (SSSR count). The minimum Gasteiger partial charge on any atom is -0.497 e. The van der Waals surface area contributed by atoms with Crippen LogP contribution < -0.4 is 10.5 Å². The lowest BCUT2D eigenvalue weighted by molar-refractivity contribution is 0.211. The van der Waals surface area contributed by atoms with Crippen molar-refractivity contribution in [2.24, 2.45) is 17.6 Å². The summed E-state index contributed by atoms with van der Waals surface area (Å²) >= 11 is 0. The highest BCUT2D eigenvalue weighted by Gasteiger charge is 2.38. The average Bonchev–Trinajstić information content (AvgIpc) is 2.98. The number of hydrogen-bond acceptors (Lipinski definition) is 3. The standard InChI is InChI=1S/C16H24N2O/c1-10-6-12(10)9-18(2)15-7-11-4-5-13(19-3)8-14(11)16(15)17/h4-5,8,10,12,15-16H,6-7,9,17H2,1-3H3. The van der Waals surface area contributed by atoms with Crippen molar-refractivity contribution in [3.05, 3.63) is 29.3 Å². The van der Waals surface area contributed by atoms with Crippen LogP contribution in [0.3, 0.4) is 0 Å². The van der Waals surface area contributed by atoms with Gasteiger partial charge in [0, 0.05) is 18.6 Å². The maximum Gasteiger partial charge on any atom is 0.119 e. The highest BCUT2D eigenvalue weighted by molar-refractivity contribution is 5.42. The second-order valence-electron chi connectivity index (χ2n) is 6.27. The van der Waals surface area contributed by atoms with Gasteiger partial charge < -0.3 is 15.4 Å². The van der Waals surface area contributed by atoms with Gasteiger partial charge in [-0.15, -0.1) is 0 Å². The van der Waals surface area contributed by atoms with Crippen LogP contribution in [0.1, 0.15) is 30.5 Å². The SMILES string of the molecule is COc1ccc2c(c1)C(N)C(N(C)CC1CC1C)C2. The molecule has 1 aromatic rings. The van der Waals surface area contributed by atoms with Crippen LogP contribution in [-0.4, -0.2) is 31.6 Å². The van der Waals surface area contributed by atoms with E-state index in [1.807, 2.05) is 6.07 Å². The molecule has 1 fully saturated rings. The van der Waals surface area contributed by atoms with Crippen molar-refractivity contribution >= 4 is 0 Å². The Kier molecular flexibility index (Phi) is 3.27. The topological polar surface area (TPSA) is 38.5 Å². The fraction of sp³-hybridized carbons (Fsp3) is 0.625. The van der Waals surface area contributed by atoms with Gasteiger partial charge >= 0.3 is 0 Å². The van der Waals surface area contributed by atoms with Gasteiger partial charge in [-0.25, -0.2) is 0 Å². The Morgan fingerprint density at radius 2 is 2.16 bits per heavy atom. The fourth-order valence-corrected chi connectivity index (χ4v) is 3.34. The van der Waals surface area contributed by atoms with Crippen LogP contribution >= 0.6 is 0 Å². The predicted molar refractivity (Wildman–Crippen MR) is 77.3 cm³/mol. The molecule has 3 nitrogen and oxygen atoms in total. The lowest BCUT2D eigenvalue weighted by Gasteiger charge is -2.28. The lowest BCUT2D eigenvalue weighted by Crippen LogP contribution is -2.39. The van der Waals surface area contributed by atoms with E-state index < -0.39 is 0 Å². The molecular weight excluding hydrogens is 236 g/mol. The summed E-state index contributed by atoms with van der Waals surface area (Å²) in [5.41, 5.74) is 9.10. The summed E-state index contributed by atoms with van der Waals surface area (Å²) in [6.07, 6.45) is 2.45. The van der Waals surface area contributed by atoms with Crippen molar-refractivity contribution in [3.8, 4) is 5.75 Å². The zero-order valence-electron chi connectivity index (χ0n) is 12.1. The van der Waals surface area contributed by atoms with Gasteiger partial charge in [0.05, 0.1) is 7.11 Å². The molecule has 2 aliphatic carbocycles. The van der Waals surface area contributed by atoms with Gasteiger partial charge in [-0.1, -0.05) is 13.0 Å². The number of nitrogens with two attached hydrogens (primary N) is 1. The van der Waals surface area contributed by atoms with Gasteiger partial charge in [0.15, 0.2) is 0 Å². The van der Waals surface area contributed by atoms with Crippen LogP contribution in [0.15, 0.2) is 18.2 Å². The molecule has 0 aromatic heterocycles. The second-order valence-corrected chi connectivity index (χ2v) is 6.27. The molecule has 2 N–H and O–H groups in total. The molecule has 1 saturated carbocycles. The number of benzene rings is 1. The van der Waals surface area contributed by atoms with E-state index in [1.54, 1.807) is 7.11 Å². The Morgan fingerprint density at radius 1 is 1.42 bits per heavy atom. The smallest absolute Gasteiger partial charge is 0.119 e. The normalized spacial score (nSPS) is 32.5. The number of ether oxygens (including phenoxy) is 1. The van der Waals surface area contributed by atoms with E-state index in [-0.39, 0.29) is 6.04 Å². The van der Waals surface area contributed by atoms with E-state index >= 15 is 0 Å². The maximum atomic E-state index is 6.45. The first-order valence-electron chi connectivity index (χ1n) is 7.22. The number of fused-ring (bicyclic) bond motifs is 1. The van der Waals surface area contributed by atoms with Crippen molar-refractivity contribution < 1.29 is 4.74 Å². The summed E-state index contributed by atoms with van der Waals surface area (Å²) in [6.45, 7) is 3.53. The minimum absolute atomic E-state index is 0.115. The molecule has 4 unspecified atom stereocenters. The molecule has 2 aliphatic rings. The highest BCUT2D eigenvalue weighted by Crippen LogP contribution is 2.40. The molecule has 0 aliphatic heterocycles. The summed E-state index contributed by atoms with van der Waals surface area (Å²) in [5.74, 6) is 2.70. The molecule has 104 valence electrons. The summed E-state index contributed by atoms with van der Waals surface area (Å²) in [7, 11) is 3.93. The summed E-state index contributed by atoms with van der Waals surface area (Å²) in [5, 5.41) is 0. The van der Waals surface area contributed by atoms with Crippen LogP contribution in [0.5, 0.6) is 5.75 Å². The zero-order valence-corrected chi connectivity index (χ0v) is 12.1. The van der Waals surface area contributed by atoms with Crippen LogP contribution in [0.4, 0.5) is 0 Å². The molecule has 19 heavy (non-hydrogen) atoms. The second kappa shape index (κ2) is 4.80. The largest absolute Gasteiger partial charge is 0.497 e. The van der Waals surface area contributed by atoms with Gasteiger partial charge in [-0.3, -0.25) is 0 Å². The predicted octanol–water partition coefficient (Wildman–Crippen LogP) is 2.21. The Hall–Kier alpha value is -1.06. The van der Waals surface area contributed by atoms with E-state index in [9.17, 15) is 0 Å². The van der Waals surface area contributed by atoms with E-state index in [1.165, 1.54) is 24.1 Å². The number of rotatable bonds is 4. The van der Waals surface area contributed by atoms with Crippen LogP contribution in [0.2, 0.25) is 0 Å². The summed E-state index contributed by atoms with van der Waals surface area (Å²) in [4.78, 5) is 2.46. The molecule has 0 amide bonds. The van der Waals surface area contributed by atoms with Crippen molar-refractivity contribution in [1.82, 2.24) is 4.90 Å². The Bertz CT molecular complexity index is 474. The average molecular weight is 260 g/mol. The fourth-order valence-electron chi connectivity index (χ4n) is 3.34. The van der Waals surface area contributed by atoms with Crippen LogP contribution in [0, 0.1) is 11.8 Å².